The molecule has 0 bridgehead atoms. The van der Waals surface area contributed by atoms with Gasteiger partial charge >= 0.3 is 6.36 Å². The molecule has 0 unspecified atom stereocenters. The van der Waals surface area contributed by atoms with Crippen molar-refractivity contribution in [2.24, 2.45) is 0 Å². The van der Waals surface area contributed by atoms with Crippen LogP contribution in [0.1, 0.15) is 25.3 Å². The molecule has 0 N–H and O–H groups in total. The minimum absolute atomic E-state index is 0.0946. The molecule has 0 aliphatic heterocycles. The van der Waals surface area contributed by atoms with E-state index in [4.69, 9.17) is 0 Å². The number of ether oxygens (including phenoxy) is 1. The van der Waals surface area contributed by atoms with Crippen molar-refractivity contribution in [3.8, 4) is 22.8 Å². The van der Waals surface area contributed by atoms with Gasteiger partial charge in [0.25, 0.3) is 0 Å². The summed E-state index contributed by atoms with van der Waals surface area (Å²) in [6.07, 6.45) is -1.41. The lowest BCUT2D eigenvalue weighted by Crippen LogP contribution is -2.18. The molecular weight excluding hydrogens is 329 g/mol. The van der Waals surface area contributed by atoms with Crippen LogP contribution in [0.3, 0.4) is 0 Å². The average molecular weight is 346 g/mol. The molecule has 0 aliphatic rings. The van der Waals surface area contributed by atoms with Crippen LogP contribution in [0.5, 0.6) is 5.75 Å². The largest absolute Gasteiger partial charge is 0.573 e. The van der Waals surface area contributed by atoms with Crippen molar-refractivity contribution in [1.29, 1.82) is 0 Å². The lowest BCUT2D eigenvalue weighted by Gasteiger charge is -2.17. The Bertz CT molecular complexity index is 855. The minimum Gasteiger partial charge on any atom is -0.405 e. The van der Waals surface area contributed by atoms with Gasteiger partial charge in [-0.3, -0.25) is 4.57 Å². The summed E-state index contributed by atoms with van der Waals surface area (Å²) in [5, 5.41) is 0. The van der Waals surface area contributed by atoms with E-state index in [1.807, 2.05) is 44.2 Å². The molecule has 130 valence electrons. The SMILES string of the molecule is CC(C)c1ccc(-n2ccnc2-c2ccccc2)cc1OC(F)(F)F. The molecule has 0 saturated heterocycles. The van der Waals surface area contributed by atoms with Gasteiger partial charge in [-0.15, -0.1) is 13.2 Å². The molecule has 0 spiro atoms. The Hall–Kier alpha value is -2.76. The average Bonchev–Trinajstić information content (AvgIpc) is 3.03. The van der Waals surface area contributed by atoms with Crippen molar-refractivity contribution in [3.63, 3.8) is 0 Å². The van der Waals surface area contributed by atoms with Crippen LogP contribution in [0.15, 0.2) is 60.9 Å². The second kappa shape index (κ2) is 6.63. The highest BCUT2D eigenvalue weighted by Gasteiger charge is 2.32. The second-order valence-corrected chi connectivity index (χ2v) is 5.91. The zero-order chi connectivity index (χ0) is 18.0. The van der Waals surface area contributed by atoms with E-state index in [-0.39, 0.29) is 11.7 Å². The first-order valence-electron chi connectivity index (χ1n) is 7.84. The third-order valence-electron chi connectivity index (χ3n) is 3.80. The maximum Gasteiger partial charge on any atom is 0.573 e. The van der Waals surface area contributed by atoms with Crippen LogP contribution in [0.2, 0.25) is 0 Å². The molecule has 2 aromatic carbocycles. The fraction of sp³-hybridized carbons (Fsp3) is 0.211. The van der Waals surface area contributed by atoms with Gasteiger partial charge < -0.3 is 4.74 Å². The van der Waals surface area contributed by atoms with Gasteiger partial charge in [0.15, 0.2) is 0 Å². The molecule has 0 radical (unpaired) electrons. The van der Waals surface area contributed by atoms with E-state index in [0.717, 1.165) is 5.56 Å². The van der Waals surface area contributed by atoms with Crippen molar-refractivity contribution >= 4 is 0 Å². The van der Waals surface area contributed by atoms with Gasteiger partial charge in [0.1, 0.15) is 11.6 Å². The molecule has 3 nitrogen and oxygen atoms in total. The van der Waals surface area contributed by atoms with E-state index in [1.165, 1.54) is 6.07 Å². The van der Waals surface area contributed by atoms with Gasteiger partial charge in [-0.1, -0.05) is 50.2 Å². The highest BCUT2D eigenvalue weighted by molar-refractivity contribution is 5.59. The van der Waals surface area contributed by atoms with E-state index in [1.54, 1.807) is 29.1 Å². The highest BCUT2D eigenvalue weighted by Crippen LogP contribution is 2.34. The molecule has 6 heteroatoms. The summed E-state index contributed by atoms with van der Waals surface area (Å²) in [7, 11) is 0. The van der Waals surface area contributed by atoms with Gasteiger partial charge in [0.05, 0.1) is 5.69 Å². The van der Waals surface area contributed by atoms with E-state index >= 15 is 0 Å². The summed E-state index contributed by atoms with van der Waals surface area (Å²) in [5.74, 6) is 0.367. The maximum atomic E-state index is 12.8. The van der Waals surface area contributed by atoms with Crippen molar-refractivity contribution < 1.29 is 17.9 Å². The van der Waals surface area contributed by atoms with E-state index in [0.29, 0.717) is 17.1 Å². The van der Waals surface area contributed by atoms with Crippen molar-refractivity contribution in [3.05, 3.63) is 66.5 Å². The van der Waals surface area contributed by atoms with E-state index in [2.05, 4.69) is 9.72 Å². The van der Waals surface area contributed by atoms with Crippen molar-refractivity contribution in [1.82, 2.24) is 9.55 Å². The number of rotatable bonds is 4. The van der Waals surface area contributed by atoms with Gasteiger partial charge in [0.2, 0.25) is 0 Å². The number of imidazole rings is 1. The van der Waals surface area contributed by atoms with Crippen LogP contribution in [0.25, 0.3) is 17.1 Å². The Morgan fingerprint density at radius 2 is 1.76 bits per heavy atom. The Morgan fingerprint density at radius 1 is 1.04 bits per heavy atom. The molecule has 25 heavy (non-hydrogen) atoms. The topological polar surface area (TPSA) is 27.1 Å². The summed E-state index contributed by atoms with van der Waals surface area (Å²) in [6, 6.07) is 14.3. The third-order valence-corrected chi connectivity index (χ3v) is 3.80. The molecule has 0 amide bonds. The lowest BCUT2D eigenvalue weighted by molar-refractivity contribution is -0.274. The minimum atomic E-state index is -4.74. The predicted octanol–water partition coefficient (Wildman–Crippen LogP) is 5.56. The number of benzene rings is 2. The van der Waals surface area contributed by atoms with Gasteiger partial charge in [-0.05, 0) is 17.5 Å². The van der Waals surface area contributed by atoms with Gasteiger partial charge in [-0.2, -0.15) is 0 Å². The van der Waals surface area contributed by atoms with Crippen LogP contribution < -0.4 is 4.74 Å². The molecule has 0 fully saturated rings. The molecule has 1 aromatic heterocycles. The predicted molar refractivity (Wildman–Crippen MR) is 89.8 cm³/mol. The van der Waals surface area contributed by atoms with Crippen molar-refractivity contribution in [2.75, 3.05) is 0 Å². The monoisotopic (exact) mass is 346 g/mol. The molecule has 0 atom stereocenters. The molecule has 0 aliphatic carbocycles. The molecule has 3 aromatic rings. The fourth-order valence-electron chi connectivity index (χ4n) is 2.68. The van der Waals surface area contributed by atoms with Crippen LogP contribution in [-0.4, -0.2) is 15.9 Å². The maximum absolute atomic E-state index is 12.8. The summed E-state index contributed by atoms with van der Waals surface area (Å²) in [5.41, 5.74) is 1.93. The molecule has 1 heterocycles. The standard InChI is InChI=1S/C19H17F3N2O/c1-13(2)16-9-8-15(12-17(16)25-19(20,21)22)24-11-10-23-18(24)14-6-4-3-5-7-14/h3-13H,1-2H3. The van der Waals surface area contributed by atoms with Gasteiger partial charge in [-0.25, -0.2) is 4.98 Å². The summed E-state index contributed by atoms with van der Waals surface area (Å²) >= 11 is 0. The van der Waals surface area contributed by atoms with E-state index < -0.39 is 6.36 Å². The summed E-state index contributed by atoms with van der Waals surface area (Å²) in [6.45, 7) is 3.65. The number of aromatic nitrogens is 2. The second-order valence-electron chi connectivity index (χ2n) is 5.91. The van der Waals surface area contributed by atoms with Crippen LogP contribution in [0, 0.1) is 0 Å². The normalized spacial score (nSPS) is 11.8. The zero-order valence-corrected chi connectivity index (χ0v) is 13.8. The van der Waals surface area contributed by atoms with Crippen LogP contribution in [-0.2, 0) is 0 Å². The number of hydrogen-bond donors (Lipinski definition) is 0. The highest BCUT2D eigenvalue weighted by atomic mass is 19.4. The number of halogens is 3. The van der Waals surface area contributed by atoms with Crippen LogP contribution in [0.4, 0.5) is 13.2 Å². The summed E-state index contributed by atoms with van der Waals surface area (Å²) in [4.78, 5) is 4.32. The van der Waals surface area contributed by atoms with Crippen molar-refractivity contribution in [2.45, 2.75) is 26.1 Å². The number of alkyl halides is 3. The Labute approximate surface area is 143 Å². The third kappa shape index (κ3) is 3.84. The number of nitrogens with zero attached hydrogens (tertiary/aromatic N) is 2. The first-order chi connectivity index (χ1) is 11.8. The first-order valence-corrected chi connectivity index (χ1v) is 7.84. The quantitative estimate of drug-likeness (QED) is 0.618. The van der Waals surface area contributed by atoms with Crippen LogP contribution >= 0.6 is 0 Å². The smallest absolute Gasteiger partial charge is 0.405 e. The molecule has 3 rings (SSSR count). The van der Waals surface area contributed by atoms with E-state index in [9.17, 15) is 13.2 Å². The molecule has 0 saturated carbocycles. The lowest BCUT2D eigenvalue weighted by atomic mass is 10.0. The summed E-state index contributed by atoms with van der Waals surface area (Å²) < 4.78 is 44.3. The Balaban J connectivity index is 2.08. The Kier molecular flexibility index (Phi) is 4.53. The molecular formula is C19H17F3N2O. The first kappa shape index (κ1) is 17.1. The Morgan fingerprint density at radius 3 is 2.40 bits per heavy atom. The fourth-order valence-corrected chi connectivity index (χ4v) is 2.68. The number of hydrogen-bond acceptors (Lipinski definition) is 2. The van der Waals surface area contributed by atoms with Gasteiger partial charge in [0, 0.05) is 24.0 Å². The zero-order valence-electron chi connectivity index (χ0n) is 13.8.